The van der Waals surface area contributed by atoms with Gasteiger partial charge in [-0.15, -0.1) is 0 Å². The first kappa shape index (κ1) is 40.0. The molecule has 0 spiro atoms. The van der Waals surface area contributed by atoms with Crippen molar-refractivity contribution in [3.63, 3.8) is 0 Å². The Morgan fingerprint density at radius 3 is 2.45 bits per heavy atom. The molecule has 0 saturated carbocycles. The Morgan fingerprint density at radius 2 is 1.68 bits per heavy atom. The normalized spacial score (nSPS) is 16.7. The summed E-state index contributed by atoms with van der Waals surface area (Å²) in [4.78, 5) is 76.6. The van der Waals surface area contributed by atoms with Crippen molar-refractivity contribution in [2.24, 2.45) is 0 Å². The molecule has 0 radical (unpaired) electrons. The van der Waals surface area contributed by atoms with Crippen LogP contribution in [0.15, 0.2) is 66.9 Å². The maximum atomic E-state index is 14.8. The molecule has 1 atom stereocenters. The van der Waals surface area contributed by atoms with Crippen molar-refractivity contribution >= 4 is 51.9 Å². The lowest BCUT2D eigenvalue weighted by Gasteiger charge is -2.36. The molecule has 60 heavy (non-hydrogen) atoms. The molecule has 1 unspecified atom stereocenters. The van der Waals surface area contributed by atoms with Crippen LogP contribution in [0.1, 0.15) is 40.0 Å². The number of carbonyl (C=O) groups excluding carboxylic acids is 5. The van der Waals surface area contributed by atoms with Crippen molar-refractivity contribution in [2.45, 2.75) is 25.3 Å². The van der Waals surface area contributed by atoms with Crippen molar-refractivity contribution in [1.82, 2.24) is 35.3 Å². The molecule has 17 nitrogen and oxygen atoms in total. The third kappa shape index (κ3) is 8.23. The number of aromatic nitrogens is 4. The minimum Gasteiger partial charge on any atom is -0.496 e. The van der Waals surface area contributed by atoms with Crippen LogP contribution >= 0.6 is 0 Å². The van der Waals surface area contributed by atoms with Gasteiger partial charge in [0.15, 0.2) is 5.82 Å². The summed E-state index contributed by atoms with van der Waals surface area (Å²) in [7, 11) is 1.47. The van der Waals surface area contributed by atoms with E-state index in [0.717, 1.165) is 16.2 Å². The Hall–Kier alpha value is -6.79. The quantitative estimate of drug-likeness (QED) is 0.103. The van der Waals surface area contributed by atoms with Crippen LogP contribution < -0.4 is 20.3 Å². The maximum Gasteiger partial charge on any atom is 0.262 e. The molecular weight excluding hydrogens is 778 g/mol. The summed E-state index contributed by atoms with van der Waals surface area (Å²) in [6.45, 7) is 4.26. The summed E-state index contributed by atoms with van der Waals surface area (Å²) in [6.07, 6.45) is 2.00. The van der Waals surface area contributed by atoms with E-state index in [1.54, 1.807) is 36.5 Å². The van der Waals surface area contributed by atoms with Crippen molar-refractivity contribution in [3.8, 4) is 28.4 Å². The molecule has 3 aromatic carbocycles. The molecular formula is C42H42FN9O8. The Bertz CT molecular complexity index is 2450. The lowest BCUT2D eigenvalue weighted by atomic mass is 10.0. The highest BCUT2D eigenvalue weighted by molar-refractivity contribution is 6.23. The molecule has 0 bridgehead atoms. The van der Waals surface area contributed by atoms with Crippen molar-refractivity contribution < 1.29 is 42.6 Å². The predicted molar refractivity (Wildman–Crippen MR) is 216 cm³/mol. The molecule has 2 aromatic heterocycles. The summed E-state index contributed by atoms with van der Waals surface area (Å²) in [5, 5.41) is 12.8. The number of aromatic amines is 1. The summed E-state index contributed by atoms with van der Waals surface area (Å²) < 4.78 is 31.4. The second kappa shape index (κ2) is 17.6. The van der Waals surface area contributed by atoms with Gasteiger partial charge >= 0.3 is 0 Å². The zero-order valence-electron chi connectivity index (χ0n) is 32.7. The fourth-order valence-corrected chi connectivity index (χ4v) is 7.56. The van der Waals surface area contributed by atoms with Crippen LogP contribution in [-0.2, 0) is 23.9 Å². The van der Waals surface area contributed by atoms with Crippen LogP contribution in [0.3, 0.4) is 0 Å². The number of halogens is 1. The third-order valence-corrected chi connectivity index (χ3v) is 10.7. The molecule has 3 aliphatic rings. The summed E-state index contributed by atoms with van der Waals surface area (Å²) in [5.74, 6) is -2.10. The van der Waals surface area contributed by atoms with E-state index in [-0.39, 0.29) is 54.3 Å². The largest absolute Gasteiger partial charge is 0.496 e. The zero-order valence-corrected chi connectivity index (χ0v) is 32.7. The number of H-pyrrole nitrogens is 1. The number of piperidine rings is 1. The van der Waals surface area contributed by atoms with Gasteiger partial charge < -0.3 is 29.3 Å². The second-order valence-electron chi connectivity index (χ2n) is 14.4. The van der Waals surface area contributed by atoms with Gasteiger partial charge in [-0.1, -0.05) is 18.2 Å². The molecule has 3 N–H and O–H groups in total. The molecule has 5 aromatic rings. The Labute approximate surface area is 343 Å². The van der Waals surface area contributed by atoms with E-state index in [9.17, 15) is 28.4 Å². The van der Waals surface area contributed by atoms with Gasteiger partial charge in [-0.3, -0.25) is 39.3 Å². The summed E-state index contributed by atoms with van der Waals surface area (Å²) >= 11 is 0. The number of imide groups is 2. The third-order valence-electron chi connectivity index (χ3n) is 10.7. The molecule has 2 saturated heterocycles. The number of hydrogen-bond donors (Lipinski definition) is 3. The summed E-state index contributed by atoms with van der Waals surface area (Å²) in [6, 6.07) is 16.3. The van der Waals surface area contributed by atoms with E-state index in [0.29, 0.717) is 80.7 Å². The maximum absolute atomic E-state index is 14.8. The van der Waals surface area contributed by atoms with Gasteiger partial charge in [0, 0.05) is 56.1 Å². The number of carbonyl (C=O) groups is 5. The Balaban J connectivity index is 0.726. The highest BCUT2D eigenvalue weighted by Gasteiger charge is 2.44. The van der Waals surface area contributed by atoms with Crippen molar-refractivity contribution in [3.05, 3.63) is 83.8 Å². The average Bonchev–Trinajstić information content (AvgIpc) is 3.79. The number of nitrogens with zero attached hydrogens (tertiary/aromatic N) is 6. The average molecular weight is 820 g/mol. The first-order valence-corrected chi connectivity index (χ1v) is 19.6. The molecule has 5 amide bonds. The first-order valence-electron chi connectivity index (χ1n) is 19.6. The number of benzene rings is 3. The lowest BCUT2D eigenvalue weighted by molar-refractivity contribution is -0.136. The van der Waals surface area contributed by atoms with Crippen molar-refractivity contribution in [1.29, 1.82) is 0 Å². The molecule has 5 heterocycles. The molecule has 18 heteroatoms. The van der Waals surface area contributed by atoms with Crippen LogP contribution in [0.2, 0.25) is 0 Å². The Kier molecular flexibility index (Phi) is 11.7. The van der Waals surface area contributed by atoms with E-state index in [1.807, 2.05) is 29.2 Å². The number of rotatable bonds is 15. The smallest absolute Gasteiger partial charge is 0.262 e. The number of piperazine rings is 1. The fraction of sp³-hybridized carbons (Fsp3) is 0.333. The highest BCUT2D eigenvalue weighted by atomic mass is 19.1. The first-order chi connectivity index (χ1) is 29.2. The van der Waals surface area contributed by atoms with Crippen LogP contribution in [0.5, 0.6) is 5.75 Å². The van der Waals surface area contributed by atoms with Gasteiger partial charge in [-0.25, -0.2) is 14.4 Å². The van der Waals surface area contributed by atoms with Crippen LogP contribution in [0.25, 0.3) is 33.7 Å². The zero-order chi connectivity index (χ0) is 41.8. The fourth-order valence-electron chi connectivity index (χ4n) is 7.56. The number of hydrogen-bond acceptors (Lipinski definition) is 13. The van der Waals surface area contributed by atoms with E-state index in [2.05, 4.69) is 35.7 Å². The lowest BCUT2D eigenvalue weighted by Crippen LogP contribution is -2.54. The van der Waals surface area contributed by atoms with Crippen LogP contribution in [0, 0.1) is 5.82 Å². The molecule has 310 valence electrons. The number of fused-ring (bicyclic) bond motifs is 2. The number of nitrogens with one attached hydrogen (secondary N) is 3. The Morgan fingerprint density at radius 1 is 0.917 bits per heavy atom. The SMILES string of the molecule is COc1cccc(F)c1-c1ncc2[nH]nc(-c3ccc(N4CCN(C(=O)CCOCCOCCNc5ccc6c(c5)C(=O)N(C5CCC(=O)NC5=O)C6=O)CC4)cc3)c2n1. The van der Waals surface area contributed by atoms with Gasteiger partial charge in [0.1, 0.15) is 34.3 Å². The molecule has 3 aliphatic heterocycles. The van der Waals surface area contributed by atoms with E-state index in [4.69, 9.17) is 14.2 Å². The van der Waals surface area contributed by atoms with Gasteiger partial charge in [0.05, 0.1) is 62.8 Å². The predicted octanol–water partition coefficient (Wildman–Crippen LogP) is 3.42. The monoisotopic (exact) mass is 819 g/mol. The number of ether oxygens (including phenoxy) is 3. The van der Waals surface area contributed by atoms with Crippen molar-refractivity contribution in [2.75, 3.05) is 76.5 Å². The molecule has 2 fully saturated rings. The van der Waals surface area contributed by atoms with E-state index in [1.165, 1.54) is 13.2 Å². The van der Waals surface area contributed by atoms with Crippen LogP contribution in [0.4, 0.5) is 15.8 Å². The highest BCUT2D eigenvalue weighted by Crippen LogP contribution is 2.34. The number of methoxy groups -OCH3 is 1. The number of amides is 5. The topological polar surface area (TPSA) is 201 Å². The molecule has 0 aliphatic carbocycles. The number of anilines is 2. The minimum absolute atomic E-state index is 0.0321. The van der Waals surface area contributed by atoms with Gasteiger partial charge in [-0.2, -0.15) is 5.10 Å². The second-order valence-corrected chi connectivity index (χ2v) is 14.4. The van der Waals surface area contributed by atoms with Crippen LogP contribution in [-0.4, -0.2) is 132 Å². The van der Waals surface area contributed by atoms with E-state index >= 15 is 0 Å². The van der Waals surface area contributed by atoms with Gasteiger partial charge in [0.25, 0.3) is 11.8 Å². The summed E-state index contributed by atoms with van der Waals surface area (Å²) in [5.41, 5.74) is 4.87. The standard InChI is InChI=1S/C42H42FN9O8/c1-58-33-4-2-3-30(43)36(33)39-45-24-31-38(47-39)37(49-48-31)25-5-8-27(9-6-25)50-15-17-51(18-16-50)35(54)13-19-59-21-22-60-20-14-44-26-7-10-28-29(23-26)42(57)52(41(28)56)32-11-12-34(53)46-40(32)55/h2-10,23-24,32,44H,11-22H2,1H3,(H,48,49)(H,46,53,55). The minimum atomic E-state index is -1.01. The molecule has 8 rings (SSSR count). The van der Waals surface area contributed by atoms with Gasteiger partial charge in [-0.05, 0) is 48.9 Å². The van der Waals surface area contributed by atoms with E-state index < -0.39 is 35.5 Å². The van der Waals surface area contributed by atoms with Gasteiger partial charge in [0.2, 0.25) is 17.7 Å².